The Bertz CT molecular complexity index is 691. The highest BCUT2D eigenvalue weighted by molar-refractivity contribution is 5.95. The summed E-state index contributed by atoms with van der Waals surface area (Å²) in [6.07, 6.45) is -0.255. The summed E-state index contributed by atoms with van der Waals surface area (Å²) in [6.45, 7) is 1.86. The molecule has 1 fully saturated rings. The van der Waals surface area contributed by atoms with E-state index in [1.165, 1.54) is 6.92 Å². The van der Waals surface area contributed by atoms with E-state index in [0.717, 1.165) is 6.42 Å². The van der Waals surface area contributed by atoms with E-state index in [1.54, 1.807) is 0 Å². The lowest BCUT2D eigenvalue weighted by molar-refractivity contribution is -0.144. The second kappa shape index (κ2) is 11.7. The molecule has 0 saturated carbocycles. The first-order valence-electron chi connectivity index (χ1n) is 9.32. The molecule has 0 aromatic carbocycles. The molecule has 1 heterocycles. The lowest BCUT2D eigenvalue weighted by Crippen LogP contribution is -2.56. The smallest absolute Gasteiger partial charge is 0.326 e. The molecule has 0 bridgehead atoms. The number of aliphatic carboxylic acids is 3. The van der Waals surface area contributed by atoms with Crippen LogP contribution < -0.4 is 21.3 Å². The van der Waals surface area contributed by atoms with Crippen molar-refractivity contribution in [2.45, 2.75) is 63.2 Å². The van der Waals surface area contributed by atoms with Gasteiger partial charge in [0.2, 0.25) is 17.7 Å². The van der Waals surface area contributed by atoms with E-state index in [1.807, 2.05) is 0 Å². The van der Waals surface area contributed by atoms with Crippen LogP contribution in [0.15, 0.2) is 0 Å². The van der Waals surface area contributed by atoms with Crippen molar-refractivity contribution >= 4 is 35.6 Å². The molecular weight excluding hydrogens is 404 g/mol. The number of carbonyl (C=O) groups excluding carboxylic acids is 3. The zero-order valence-electron chi connectivity index (χ0n) is 16.3. The summed E-state index contributed by atoms with van der Waals surface area (Å²) in [4.78, 5) is 69.5. The maximum Gasteiger partial charge on any atom is 0.326 e. The minimum absolute atomic E-state index is 0.358. The third kappa shape index (κ3) is 8.43. The van der Waals surface area contributed by atoms with Crippen molar-refractivity contribution in [1.82, 2.24) is 21.3 Å². The van der Waals surface area contributed by atoms with Gasteiger partial charge in [-0.05, 0) is 32.7 Å². The minimum Gasteiger partial charge on any atom is -0.481 e. The summed E-state index contributed by atoms with van der Waals surface area (Å²) in [6, 6.07) is -4.71. The fourth-order valence-corrected chi connectivity index (χ4v) is 2.77. The number of carboxylic acids is 3. The van der Waals surface area contributed by atoms with E-state index < -0.39 is 72.6 Å². The van der Waals surface area contributed by atoms with Gasteiger partial charge in [0.25, 0.3) is 0 Å². The van der Waals surface area contributed by atoms with E-state index in [-0.39, 0.29) is 6.42 Å². The molecule has 30 heavy (non-hydrogen) atoms. The first-order valence-corrected chi connectivity index (χ1v) is 9.32. The van der Waals surface area contributed by atoms with Crippen molar-refractivity contribution in [3.8, 4) is 0 Å². The molecule has 13 nitrogen and oxygen atoms in total. The zero-order chi connectivity index (χ0) is 22.8. The quantitative estimate of drug-likeness (QED) is 0.175. The van der Waals surface area contributed by atoms with Crippen LogP contribution in [-0.4, -0.2) is 81.7 Å². The highest BCUT2D eigenvalue weighted by Gasteiger charge is 2.31. The first kappa shape index (κ1) is 24.8. The molecule has 0 aliphatic carbocycles. The number of rotatable bonds is 12. The fourth-order valence-electron chi connectivity index (χ4n) is 2.77. The van der Waals surface area contributed by atoms with Gasteiger partial charge in [0.1, 0.15) is 18.1 Å². The topological polar surface area (TPSA) is 211 Å². The highest BCUT2D eigenvalue weighted by Crippen LogP contribution is 2.06. The first-order chi connectivity index (χ1) is 14.0. The van der Waals surface area contributed by atoms with Crippen LogP contribution in [0.1, 0.15) is 39.0 Å². The molecule has 1 aliphatic rings. The average Bonchev–Trinajstić information content (AvgIpc) is 3.18. The number of nitrogens with one attached hydrogen (secondary N) is 4. The fraction of sp³-hybridized carbons (Fsp3) is 0.647. The summed E-state index contributed by atoms with van der Waals surface area (Å²) < 4.78 is 0. The van der Waals surface area contributed by atoms with Gasteiger partial charge in [-0.1, -0.05) is 0 Å². The van der Waals surface area contributed by atoms with Crippen LogP contribution in [0.4, 0.5) is 0 Å². The Morgan fingerprint density at radius 3 is 2.10 bits per heavy atom. The Kier molecular flexibility index (Phi) is 9.68. The Hall–Kier alpha value is -3.22. The van der Waals surface area contributed by atoms with E-state index >= 15 is 0 Å². The molecule has 7 N–H and O–H groups in total. The van der Waals surface area contributed by atoms with Gasteiger partial charge in [-0.25, -0.2) is 4.79 Å². The van der Waals surface area contributed by atoms with Gasteiger partial charge in [-0.2, -0.15) is 0 Å². The molecule has 168 valence electrons. The minimum atomic E-state index is -1.48. The van der Waals surface area contributed by atoms with Gasteiger partial charge in [-0.15, -0.1) is 0 Å². The standard InChI is InChI=1S/C17H26N4O9/c1-8(14(26)20-10(17(29)30)4-5-12(22)23)19-16(28)11(7-13(24)25)21-15(27)9-3-2-6-18-9/h8-11,18H,2-7H2,1H3,(H,19,28)(H,20,26)(H,21,27)(H,22,23)(H,24,25)(H,29,30). The van der Waals surface area contributed by atoms with Crippen LogP contribution >= 0.6 is 0 Å². The molecule has 1 saturated heterocycles. The third-order valence-corrected chi connectivity index (χ3v) is 4.40. The van der Waals surface area contributed by atoms with E-state index in [0.29, 0.717) is 13.0 Å². The summed E-state index contributed by atoms with van der Waals surface area (Å²) in [5.74, 6) is -6.39. The SMILES string of the molecule is CC(NC(=O)C(CC(=O)O)NC(=O)C1CCCN1)C(=O)NC(CCC(=O)O)C(=O)O. The van der Waals surface area contributed by atoms with Crippen molar-refractivity contribution in [2.75, 3.05) is 6.54 Å². The second-order valence-corrected chi connectivity index (χ2v) is 6.87. The van der Waals surface area contributed by atoms with Crippen LogP contribution in [0.2, 0.25) is 0 Å². The van der Waals surface area contributed by atoms with Crippen molar-refractivity contribution < 1.29 is 44.1 Å². The summed E-state index contributed by atoms with van der Waals surface area (Å²) in [5.41, 5.74) is 0. The zero-order valence-corrected chi connectivity index (χ0v) is 16.3. The molecule has 0 radical (unpaired) electrons. The predicted octanol–water partition coefficient (Wildman–Crippen LogP) is -2.36. The van der Waals surface area contributed by atoms with Gasteiger partial charge in [0, 0.05) is 6.42 Å². The number of hydrogen-bond acceptors (Lipinski definition) is 7. The number of carboxylic acid groups (broad SMARTS) is 3. The predicted molar refractivity (Wildman–Crippen MR) is 99.2 cm³/mol. The largest absolute Gasteiger partial charge is 0.481 e. The maximum absolute atomic E-state index is 12.4. The summed E-state index contributed by atoms with van der Waals surface area (Å²) >= 11 is 0. The highest BCUT2D eigenvalue weighted by atomic mass is 16.4. The second-order valence-electron chi connectivity index (χ2n) is 6.87. The third-order valence-electron chi connectivity index (χ3n) is 4.40. The molecule has 4 unspecified atom stereocenters. The molecular formula is C17H26N4O9. The average molecular weight is 430 g/mol. The molecule has 0 aromatic heterocycles. The van der Waals surface area contributed by atoms with Gasteiger partial charge in [-0.3, -0.25) is 24.0 Å². The summed E-state index contributed by atoms with van der Waals surface area (Å²) in [5, 5.41) is 36.3. The molecule has 0 spiro atoms. The molecule has 1 rings (SSSR count). The lowest BCUT2D eigenvalue weighted by atomic mass is 10.1. The number of carbonyl (C=O) groups is 6. The van der Waals surface area contributed by atoms with E-state index in [2.05, 4.69) is 21.3 Å². The lowest BCUT2D eigenvalue weighted by Gasteiger charge is -2.22. The molecule has 13 heteroatoms. The molecule has 1 aliphatic heterocycles. The van der Waals surface area contributed by atoms with Gasteiger partial charge < -0.3 is 36.6 Å². The Morgan fingerprint density at radius 2 is 1.60 bits per heavy atom. The van der Waals surface area contributed by atoms with Crippen molar-refractivity contribution in [3.63, 3.8) is 0 Å². The summed E-state index contributed by atoms with van der Waals surface area (Å²) in [7, 11) is 0. The van der Waals surface area contributed by atoms with Crippen LogP contribution in [0.5, 0.6) is 0 Å². The van der Waals surface area contributed by atoms with E-state index in [4.69, 9.17) is 15.3 Å². The molecule has 3 amide bonds. The Morgan fingerprint density at radius 1 is 0.933 bits per heavy atom. The van der Waals surface area contributed by atoms with Crippen LogP contribution in [0.3, 0.4) is 0 Å². The normalized spacial score (nSPS) is 18.5. The van der Waals surface area contributed by atoms with Crippen molar-refractivity contribution in [3.05, 3.63) is 0 Å². The van der Waals surface area contributed by atoms with Gasteiger partial charge in [0.15, 0.2) is 0 Å². The van der Waals surface area contributed by atoms with Crippen molar-refractivity contribution in [1.29, 1.82) is 0 Å². The van der Waals surface area contributed by atoms with Gasteiger partial charge in [0.05, 0.1) is 12.5 Å². The van der Waals surface area contributed by atoms with Crippen LogP contribution in [0.25, 0.3) is 0 Å². The number of hydrogen-bond donors (Lipinski definition) is 7. The maximum atomic E-state index is 12.4. The van der Waals surface area contributed by atoms with E-state index in [9.17, 15) is 28.8 Å². The van der Waals surface area contributed by atoms with Crippen molar-refractivity contribution in [2.24, 2.45) is 0 Å². The number of amides is 3. The Balaban J connectivity index is 2.69. The monoisotopic (exact) mass is 430 g/mol. The Labute approximate surface area is 171 Å². The van der Waals surface area contributed by atoms with Gasteiger partial charge >= 0.3 is 17.9 Å². The van der Waals surface area contributed by atoms with Crippen LogP contribution in [-0.2, 0) is 28.8 Å². The van der Waals surface area contributed by atoms with Crippen LogP contribution in [0, 0.1) is 0 Å². The molecule has 0 aromatic rings. The molecule has 4 atom stereocenters.